The van der Waals surface area contributed by atoms with Crippen LogP contribution in [0.15, 0.2) is 12.3 Å². The van der Waals surface area contributed by atoms with E-state index >= 15 is 0 Å². The van der Waals surface area contributed by atoms with Crippen LogP contribution < -0.4 is 10.6 Å². The molecule has 1 rings (SSSR count). The molecule has 3 N–H and O–H groups in total. The maximum absolute atomic E-state index is 9.15. The van der Waals surface area contributed by atoms with Crippen molar-refractivity contribution < 1.29 is 5.11 Å². The van der Waals surface area contributed by atoms with Crippen molar-refractivity contribution in [3.8, 4) is 0 Å². The van der Waals surface area contributed by atoms with Crippen LogP contribution in [0.25, 0.3) is 0 Å². The fourth-order valence-electron chi connectivity index (χ4n) is 1.96. The van der Waals surface area contributed by atoms with Gasteiger partial charge >= 0.3 is 0 Å². The molecule has 0 aliphatic heterocycles. The average Bonchev–Trinajstić information content (AvgIpc) is 2.30. The van der Waals surface area contributed by atoms with Crippen LogP contribution >= 0.6 is 11.6 Å². The fraction of sp³-hybridized carbons (Fsp3) is 0.583. The summed E-state index contributed by atoms with van der Waals surface area (Å²) >= 11 is 6.15. The van der Waals surface area contributed by atoms with Gasteiger partial charge in [0.15, 0.2) is 0 Å². The molecule has 0 aliphatic rings. The lowest BCUT2D eigenvalue weighted by Crippen LogP contribution is -2.37. The number of nitrogens with zero attached hydrogens (tertiary/aromatic N) is 2. The van der Waals surface area contributed by atoms with Gasteiger partial charge in [-0.3, -0.25) is 0 Å². The number of halogens is 1. The van der Waals surface area contributed by atoms with E-state index in [1.54, 1.807) is 12.3 Å². The number of nitrogen functional groups attached to an aromatic ring is 1. The Bertz CT molecular complexity index is 356. The molecule has 5 heteroatoms. The minimum Gasteiger partial charge on any atom is -0.397 e. The number of hydrogen-bond acceptors (Lipinski definition) is 4. The summed E-state index contributed by atoms with van der Waals surface area (Å²) in [7, 11) is 0. The maximum Gasteiger partial charge on any atom is 0.147 e. The van der Waals surface area contributed by atoms with Crippen LogP contribution in [-0.4, -0.2) is 29.3 Å². The minimum absolute atomic E-state index is 0.0822. The second-order valence-electron chi connectivity index (χ2n) is 3.96. The predicted octanol–water partition coefficient (Wildman–Crippen LogP) is 2.30. The molecule has 17 heavy (non-hydrogen) atoms. The van der Waals surface area contributed by atoms with Crippen LogP contribution in [-0.2, 0) is 0 Å². The molecule has 0 fully saturated rings. The summed E-state index contributed by atoms with van der Waals surface area (Å²) in [5.41, 5.74) is 6.18. The average molecular weight is 258 g/mol. The molecule has 0 aromatic carbocycles. The van der Waals surface area contributed by atoms with Crippen LogP contribution in [0.5, 0.6) is 0 Å². The first-order valence-electron chi connectivity index (χ1n) is 5.92. The van der Waals surface area contributed by atoms with Crippen molar-refractivity contribution in [2.24, 2.45) is 0 Å². The molecular formula is C12H20ClN3O. The zero-order chi connectivity index (χ0) is 12.8. The lowest BCUT2D eigenvalue weighted by atomic mass is 10.1. The molecule has 0 aliphatic carbocycles. The Morgan fingerprint density at radius 2 is 2.12 bits per heavy atom. The van der Waals surface area contributed by atoms with Gasteiger partial charge in [0.25, 0.3) is 0 Å². The zero-order valence-corrected chi connectivity index (χ0v) is 11.1. The first-order chi connectivity index (χ1) is 8.13. The van der Waals surface area contributed by atoms with Gasteiger partial charge in [-0.15, -0.1) is 0 Å². The molecule has 1 aromatic rings. The normalized spacial score (nSPS) is 10.9. The van der Waals surface area contributed by atoms with Crippen molar-refractivity contribution in [3.05, 3.63) is 17.3 Å². The number of pyridine rings is 1. The van der Waals surface area contributed by atoms with Gasteiger partial charge in [0, 0.05) is 12.6 Å². The van der Waals surface area contributed by atoms with E-state index in [4.69, 9.17) is 22.4 Å². The lowest BCUT2D eigenvalue weighted by Gasteiger charge is -2.31. The second-order valence-corrected chi connectivity index (χ2v) is 4.37. The molecule has 1 heterocycles. The quantitative estimate of drug-likeness (QED) is 0.821. The topological polar surface area (TPSA) is 62.4 Å². The lowest BCUT2D eigenvalue weighted by molar-refractivity contribution is 0.295. The van der Waals surface area contributed by atoms with E-state index in [2.05, 4.69) is 18.8 Å². The maximum atomic E-state index is 9.15. The molecule has 0 atom stereocenters. The number of hydrogen-bond donors (Lipinski definition) is 2. The molecule has 0 saturated carbocycles. The van der Waals surface area contributed by atoms with E-state index in [1.807, 2.05) is 4.90 Å². The summed E-state index contributed by atoms with van der Waals surface area (Å²) in [5.74, 6) is 0.698. The third-order valence-electron chi connectivity index (χ3n) is 2.84. The molecule has 96 valence electrons. The van der Waals surface area contributed by atoms with Crippen molar-refractivity contribution in [1.29, 1.82) is 0 Å². The SMILES string of the molecule is CCC(CC)N(CCO)c1ncc(N)cc1Cl. The third kappa shape index (κ3) is 3.48. The number of aliphatic hydroxyl groups excluding tert-OH is 1. The van der Waals surface area contributed by atoms with E-state index in [1.165, 1.54) is 0 Å². The van der Waals surface area contributed by atoms with Crippen molar-refractivity contribution >= 4 is 23.1 Å². The fourth-order valence-corrected chi connectivity index (χ4v) is 2.24. The summed E-state index contributed by atoms with van der Waals surface area (Å²) in [4.78, 5) is 6.31. The Kier molecular flexibility index (Phi) is 5.51. The summed E-state index contributed by atoms with van der Waals surface area (Å²) < 4.78 is 0. The van der Waals surface area contributed by atoms with Crippen LogP contribution in [0.3, 0.4) is 0 Å². The Balaban J connectivity index is 3.03. The number of aromatic nitrogens is 1. The summed E-state index contributed by atoms with van der Waals surface area (Å²) in [6.45, 7) is 4.84. The summed E-state index contributed by atoms with van der Waals surface area (Å²) in [6.07, 6.45) is 3.56. The predicted molar refractivity (Wildman–Crippen MR) is 72.5 cm³/mol. The molecule has 0 spiro atoms. The van der Waals surface area contributed by atoms with Crippen LogP contribution in [0.1, 0.15) is 26.7 Å². The molecule has 1 aromatic heterocycles. The number of rotatable bonds is 6. The van der Waals surface area contributed by atoms with E-state index in [0.29, 0.717) is 29.1 Å². The Hall–Kier alpha value is -1.00. The highest BCUT2D eigenvalue weighted by molar-refractivity contribution is 6.33. The van der Waals surface area contributed by atoms with Gasteiger partial charge in [0.05, 0.1) is 23.5 Å². The monoisotopic (exact) mass is 257 g/mol. The van der Waals surface area contributed by atoms with E-state index < -0.39 is 0 Å². The van der Waals surface area contributed by atoms with Gasteiger partial charge in [-0.1, -0.05) is 25.4 Å². The largest absolute Gasteiger partial charge is 0.397 e. The first kappa shape index (κ1) is 14.1. The third-order valence-corrected chi connectivity index (χ3v) is 3.12. The molecule has 0 radical (unpaired) electrons. The van der Waals surface area contributed by atoms with Crippen molar-refractivity contribution in [1.82, 2.24) is 4.98 Å². The molecule has 0 amide bonds. The highest BCUT2D eigenvalue weighted by Crippen LogP contribution is 2.27. The molecule has 0 unspecified atom stereocenters. The van der Waals surface area contributed by atoms with Crippen molar-refractivity contribution in [3.63, 3.8) is 0 Å². The van der Waals surface area contributed by atoms with E-state index in [-0.39, 0.29) is 6.61 Å². The van der Waals surface area contributed by atoms with E-state index in [0.717, 1.165) is 12.8 Å². The summed E-state index contributed by atoms with van der Waals surface area (Å²) in [5, 5.41) is 9.68. The Morgan fingerprint density at radius 3 is 2.59 bits per heavy atom. The van der Waals surface area contributed by atoms with E-state index in [9.17, 15) is 0 Å². The van der Waals surface area contributed by atoms with Gasteiger partial charge in [-0.2, -0.15) is 0 Å². The van der Waals surface area contributed by atoms with Crippen LogP contribution in [0, 0.1) is 0 Å². The van der Waals surface area contributed by atoms with Gasteiger partial charge in [0.1, 0.15) is 5.82 Å². The van der Waals surface area contributed by atoms with Crippen LogP contribution in [0.2, 0.25) is 5.02 Å². The molecule has 0 bridgehead atoms. The number of nitrogens with two attached hydrogens (primary N) is 1. The number of aliphatic hydroxyl groups is 1. The molecule has 0 saturated heterocycles. The van der Waals surface area contributed by atoms with Gasteiger partial charge in [-0.05, 0) is 18.9 Å². The highest BCUT2D eigenvalue weighted by Gasteiger charge is 2.18. The standard InChI is InChI=1S/C12H20ClN3O/c1-3-10(4-2)16(5-6-17)12-11(13)7-9(14)8-15-12/h7-8,10,17H,3-6,14H2,1-2H3. The van der Waals surface area contributed by atoms with Crippen molar-refractivity contribution in [2.45, 2.75) is 32.7 Å². The zero-order valence-electron chi connectivity index (χ0n) is 10.4. The Morgan fingerprint density at radius 1 is 1.47 bits per heavy atom. The van der Waals surface area contributed by atoms with Crippen molar-refractivity contribution in [2.75, 3.05) is 23.8 Å². The summed E-state index contributed by atoms with van der Waals surface area (Å²) in [6, 6.07) is 2.02. The van der Waals surface area contributed by atoms with Crippen LogP contribution in [0.4, 0.5) is 11.5 Å². The minimum atomic E-state index is 0.0822. The van der Waals surface area contributed by atoms with Gasteiger partial charge in [-0.25, -0.2) is 4.98 Å². The smallest absolute Gasteiger partial charge is 0.147 e. The second kappa shape index (κ2) is 6.67. The molecule has 4 nitrogen and oxygen atoms in total. The highest BCUT2D eigenvalue weighted by atomic mass is 35.5. The van der Waals surface area contributed by atoms with Gasteiger partial charge < -0.3 is 15.7 Å². The van der Waals surface area contributed by atoms with Gasteiger partial charge in [0.2, 0.25) is 0 Å². The molecular weight excluding hydrogens is 238 g/mol. The first-order valence-corrected chi connectivity index (χ1v) is 6.30. The number of anilines is 2. The Labute approximate surface area is 107 Å².